The molecule has 5 heteroatoms. The lowest BCUT2D eigenvalue weighted by Gasteiger charge is -2.19. The second-order valence-electron chi connectivity index (χ2n) is 6.14. The van der Waals surface area contributed by atoms with Crippen molar-refractivity contribution in [2.24, 2.45) is 0 Å². The zero-order chi connectivity index (χ0) is 15.7. The van der Waals surface area contributed by atoms with E-state index in [1.165, 1.54) is 30.6 Å². The Morgan fingerprint density at radius 3 is 2.77 bits per heavy atom. The van der Waals surface area contributed by atoms with Crippen molar-refractivity contribution in [3.05, 3.63) is 28.9 Å². The Kier molecular flexibility index (Phi) is 4.43. The van der Waals surface area contributed by atoms with Gasteiger partial charge >= 0.3 is 0 Å². The number of hydrogen-bond donors (Lipinski definition) is 0. The number of thioether (sulfide) groups is 1. The number of imide groups is 1. The zero-order valence-electron chi connectivity index (χ0n) is 13.1. The van der Waals surface area contributed by atoms with Crippen LogP contribution in [0.5, 0.6) is 0 Å². The van der Waals surface area contributed by atoms with Gasteiger partial charge in [-0.3, -0.25) is 14.5 Å². The average Bonchev–Trinajstić information content (AvgIpc) is 3.21. The van der Waals surface area contributed by atoms with Crippen molar-refractivity contribution in [2.45, 2.75) is 58.0 Å². The van der Waals surface area contributed by atoms with Crippen LogP contribution in [0.4, 0.5) is 4.79 Å². The van der Waals surface area contributed by atoms with E-state index < -0.39 is 0 Å². The van der Waals surface area contributed by atoms with Gasteiger partial charge < -0.3 is 4.57 Å². The van der Waals surface area contributed by atoms with Crippen molar-refractivity contribution in [2.75, 3.05) is 0 Å². The van der Waals surface area contributed by atoms with E-state index in [0.29, 0.717) is 10.9 Å². The minimum atomic E-state index is -0.155. The molecule has 0 spiro atoms. The third-order valence-corrected chi connectivity index (χ3v) is 5.52. The molecule has 1 aromatic heterocycles. The first-order chi connectivity index (χ1) is 10.6. The van der Waals surface area contributed by atoms with Crippen molar-refractivity contribution in [3.8, 4) is 0 Å². The van der Waals surface area contributed by atoms with E-state index in [1.54, 1.807) is 0 Å². The summed E-state index contributed by atoms with van der Waals surface area (Å²) in [7, 11) is 0. The lowest BCUT2D eigenvalue weighted by atomic mass is 10.2. The highest BCUT2D eigenvalue weighted by atomic mass is 32.2. The van der Waals surface area contributed by atoms with Gasteiger partial charge in [-0.15, -0.1) is 0 Å². The monoisotopic (exact) mass is 318 g/mol. The normalized spacial score (nSPS) is 23.0. The van der Waals surface area contributed by atoms with Crippen molar-refractivity contribution >= 4 is 29.0 Å². The molecule has 4 nitrogen and oxygen atoms in total. The molecule has 0 N–H and O–H groups in total. The van der Waals surface area contributed by atoms with Gasteiger partial charge in [-0.1, -0.05) is 19.8 Å². The van der Waals surface area contributed by atoms with Gasteiger partial charge in [0.1, 0.15) is 0 Å². The Balaban J connectivity index is 1.78. The quantitative estimate of drug-likeness (QED) is 0.771. The van der Waals surface area contributed by atoms with Crippen molar-refractivity contribution in [1.29, 1.82) is 0 Å². The molecule has 0 radical (unpaired) electrons. The Bertz CT molecular complexity index is 614. The van der Waals surface area contributed by atoms with Crippen LogP contribution >= 0.6 is 11.8 Å². The first-order valence-electron chi connectivity index (χ1n) is 8.04. The smallest absolute Gasteiger partial charge is 0.293 e. The highest BCUT2D eigenvalue weighted by Gasteiger charge is 2.37. The second-order valence-corrected chi connectivity index (χ2v) is 7.13. The summed E-state index contributed by atoms with van der Waals surface area (Å²) < 4.78 is 2.25. The van der Waals surface area contributed by atoms with E-state index in [1.807, 2.05) is 26.0 Å². The van der Waals surface area contributed by atoms with Gasteiger partial charge in [0.25, 0.3) is 11.1 Å². The second kappa shape index (κ2) is 6.32. The van der Waals surface area contributed by atoms with Crippen molar-refractivity contribution in [3.63, 3.8) is 0 Å². The third-order valence-electron chi connectivity index (χ3n) is 4.64. The number of carbonyl (C=O) groups excluding carboxylic acids is 2. The fourth-order valence-corrected chi connectivity index (χ4v) is 4.07. The van der Waals surface area contributed by atoms with Crippen molar-refractivity contribution in [1.82, 2.24) is 9.47 Å². The number of rotatable bonds is 4. The van der Waals surface area contributed by atoms with Crippen LogP contribution in [-0.2, 0) is 4.79 Å². The first-order valence-corrected chi connectivity index (χ1v) is 8.86. The summed E-state index contributed by atoms with van der Waals surface area (Å²) in [5, 5.41) is -0.152. The topological polar surface area (TPSA) is 42.3 Å². The largest absolute Gasteiger partial charge is 0.351 e. The fourth-order valence-electron chi connectivity index (χ4n) is 3.14. The zero-order valence-corrected chi connectivity index (χ0v) is 13.9. The summed E-state index contributed by atoms with van der Waals surface area (Å²) in [6.07, 6.45) is 11.9. The highest BCUT2D eigenvalue weighted by molar-refractivity contribution is 8.18. The fraction of sp³-hybridized carbons (Fsp3) is 0.529. The molecule has 3 rings (SSSR count). The van der Waals surface area contributed by atoms with Crippen LogP contribution in [0.2, 0.25) is 0 Å². The maximum atomic E-state index is 12.4. The van der Waals surface area contributed by atoms with Crippen LogP contribution in [0.3, 0.4) is 0 Å². The van der Waals surface area contributed by atoms with Gasteiger partial charge in [0.15, 0.2) is 0 Å². The number of amides is 2. The van der Waals surface area contributed by atoms with Crippen LogP contribution in [0.1, 0.15) is 57.6 Å². The first kappa shape index (κ1) is 15.4. The Morgan fingerprint density at radius 2 is 2.09 bits per heavy atom. The van der Waals surface area contributed by atoms with Gasteiger partial charge in [0.2, 0.25) is 0 Å². The number of aromatic nitrogens is 1. The predicted molar refractivity (Wildman–Crippen MR) is 89.5 cm³/mol. The Labute approximate surface area is 135 Å². The number of nitrogens with zero attached hydrogens (tertiary/aromatic N) is 2. The minimum Gasteiger partial charge on any atom is -0.351 e. The van der Waals surface area contributed by atoms with E-state index >= 15 is 0 Å². The molecule has 2 heterocycles. The summed E-state index contributed by atoms with van der Waals surface area (Å²) in [4.78, 5) is 26.3. The molecule has 1 aromatic rings. The summed E-state index contributed by atoms with van der Waals surface area (Å²) in [5.41, 5.74) is 1.00. The number of carbonyl (C=O) groups is 2. The van der Waals surface area contributed by atoms with Gasteiger partial charge in [0.05, 0.1) is 4.91 Å². The lowest BCUT2D eigenvalue weighted by molar-refractivity contribution is -0.124. The Hall–Kier alpha value is -1.49. The molecule has 1 aliphatic heterocycles. The van der Waals surface area contributed by atoms with E-state index in [4.69, 9.17) is 0 Å². The molecule has 0 aromatic carbocycles. The predicted octanol–water partition coefficient (Wildman–Crippen LogP) is 4.44. The van der Waals surface area contributed by atoms with Crippen LogP contribution in [-0.4, -0.2) is 26.7 Å². The molecular formula is C17H22N2O2S. The summed E-state index contributed by atoms with van der Waals surface area (Å²) in [6.45, 7) is 3.90. The van der Waals surface area contributed by atoms with Gasteiger partial charge in [0, 0.05) is 24.5 Å². The average molecular weight is 318 g/mol. The molecule has 118 valence electrons. The maximum absolute atomic E-state index is 12.4. The molecule has 2 fully saturated rings. The van der Waals surface area contributed by atoms with Gasteiger partial charge in [-0.2, -0.15) is 0 Å². The molecule has 2 amide bonds. The standard InChI is InChI=1S/C17H22N2O2S/c1-3-12(2)19-16(20)15(22-17(19)21)10-13-8-9-18(11-13)14-6-4-5-7-14/h8-12,14H,3-7H2,1-2H3/b15-10-. The summed E-state index contributed by atoms with van der Waals surface area (Å²) in [6, 6.07) is 2.58. The third kappa shape index (κ3) is 2.86. The number of hydrogen-bond acceptors (Lipinski definition) is 3. The van der Waals surface area contributed by atoms with Crippen LogP contribution < -0.4 is 0 Å². The molecule has 1 saturated carbocycles. The molecule has 1 aliphatic carbocycles. The molecule has 0 bridgehead atoms. The van der Waals surface area contributed by atoms with E-state index in [2.05, 4.69) is 17.0 Å². The van der Waals surface area contributed by atoms with Gasteiger partial charge in [-0.05, 0) is 55.7 Å². The molecular weight excluding hydrogens is 296 g/mol. The van der Waals surface area contributed by atoms with Crippen molar-refractivity contribution < 1.29 is 9.59 Å². The molecule has 22 heavy (non-hydrogen) atoms. The van der Waals surface area contributed by atoms with E-state index in [0.717, 1.165) is 23.7 Å². The van der Waals surface area contributed by atoms with Crippen LogP contribution in [0.25, 0.3) is 6.08 Å². The van der Waals surface area contributed by atoms with Gasteiger partial charge in [-0.25, -0.2) is 0 Å². The molecule has 1 unspecified atom stereocenters. The van der Waals surface area contributed by atoms with Crippen LogP contribution in [0, 0.1) is 0 Å². The summed E-state index contributed by atoms with van der Waals surface area (Å²) >= 11 is 1.05. The molecule has 2 aliphatic rings. The summed E-state index contributed by atoms with van der Waals surface area (Å²) in [5.74, 6) is -0.155. The maximum Gasteiger partial charge on any atom is 0.293 e. The highest BCUT2D eigenvalue weighted by Crippen LogP contribution is 2.35. The molecule has 1 saturated heterocycles. The van der Waals surface area contributed by atoms with E-state index in [-0.39, 0.29) is 17.2 Å². The van der Waals surface area contributed by atoms with E-state index in [9.17, 15) is 9.59 Å². The minimum absolute atomic E-state index is 0.0403. The molecule has 1 atom stereocenters. The Morgan fingerprint density at radius 1 is 1.36 bits per heavy atom. The lowest BCUT2D eigenvalue weighted by Crippen LogP contribution is -2.36. The van der Waals surface area contributed by atoms with Crippen LogP contribution in [0.15, 0.2) is 23.4 Å². The SMILES string of the molecule is CCC(C)N1C(=O)S/C(=C\c2ccn(C3CCCC3)c2)C1=O.